The van der Waals surface area contributed by atoms with E-state index in [1.165, 1.54) is 0 Å². The molecule has 3 aromatic rings. The van der Waals surface area contributed by atoms with Crippen molar-refractivity contribution in [2.24, 2.45) is 0 Å². The maximum absolute atomic E-state index is 12.0. The normalized spacial score (nSPS) is 10.2. The van der Waals surface area contributed by atoms with E-state index < -0.39 is 0 Å². The number of hydrogen-bond acceptors (Lipinski definition) is 3. The molecule has 0 bridgehead atoms. The summed E-state index contributed by atoms with van der Waals surface area (Å²) in [6.07, 6.45) is 3.33. The van der Waals surface area contributed by atoms with Crippen molar-refractivity contribution in [1.29, 1.82) is 0 Å². The molecule has 0 fully saturated rings. The van der Waals surface area contributed by atoms with Gasteiger partial charge in [-0.2, -0.15) is 5.10 Å². The molecule has 0 aliphatic heterocycles. The minimum Gasteiger partial charge on any atom is -0.307 e. The Morgan fingerprint density at radius 3 is 2.50 bits per heavy atom. The van der Waals surface area contributed by atoms with E-state index in [2.05, 4.69) is 20.5 Å². The van der Waals surface area contributed by atoms with E-state index in [1.807, 2.05) is 30.3 Å². The fourth-order valence-electron chi connectivity index (χ4n) is 1.85. The summed E-state index contributed by atoms with van der Waals surface area (Å²) in [5.74, 6) is 0.394. The Morgan fingerprint density at radius 1 is 1.00 bits per heavy atom. The second-order valence-electron chi connectivity index (χ2n) is 4.22. The minimum absolute atomic E-state index is 0.179. The van der Waals surface area contributed by atoms with Gasteiger partial charge >= 0.3 is 0 Å². The number of carbonyl (C=O) groups is 1. The van der Waals surface area contributed by atoms with Crippen LogP contribution in [0.15, 0.2) is 60.9 Å². The molecule has 3 rings (SSSR count). The third kappa shape index (κ3) is 2.56. The van der Waals surface area contributed by atoms with Gasteiger partial charge in [0.2, 0.25) is 0 Å². The number of nitrogens with one attached hydrogen (secondary N) is 2. The van der Waals surface area contributed by atoms with Gasteiger partial charge in [0, 0.05) is 23.4 Å². The minimum atomic E-state index is -0.179. The van der Waals surface area contributed by atoms with Gasteiger partial charge in [-0.15, -0.1) is 0 Å². The van der Waals surface area contributed by atoms with Crippen molar-refractivity contribution < 1.29 is 4.79 Å². The van der Waals surface area contributed by atoms with Crippen molar-refractivity contribution in [3.8, 4) is 11.3 Å². The number of nitrogens with zero attached hydrogens (tertiary/aromatic N) is 2. The van der Waals surface area contributed by atoms with Gasteiger partial charge < -0.3 is 5.32 Å². The molecule has 0 spiro atoms. The highest BCUT2D eigenvalue weighted by atomic mass is 16.1. The molecule has 1 amide bonds. The van der Waals surface area contributed by atoms with Crippen LogP contribution in [0.4, 0.5) is 5.82 Å². The maximum Gasteiger partial charge on any atom is 0.256 e. The van der Waals surface area contributed by atoms with Crippen LogP contribution in [0, 0.1) is 0 Å². The fraction of sp³-hybridized carbons (Fsp3) is 0. The van der Waals surface area contributed by atoms with Crippen LogP contribution < -0.4 is 5.32 Å². The Balaban J connectivity index is 1.78. The van der Waals surface area contributed by atoms with E-state index in [1.54, 1.807) is 30.6 Å². The summed E-state index contributed by atoms with van der Waals surface area (Å²) in [4.78, 5) is 16.3. The first-order chi connectivity index (χ1) is 9.83. The van der Waals surface area contributed by atoms with Crippen LogP contribution in [-0.2, 0) is 0 Å². The number of rotatable bonds is 3. The predicted molar refractivity (Wildman–Crippen MR) is 76.2 cm³/mol. The molecule has 5 heteroatoms. The molecule has 0 radical (unpaired) electrons. The number of H-pyrrole nitrogens is 1. The lowest BCUT2D eigenvalue weighted by Gasteiger charge is -2.04. The highest BCUT2D eigenvalue weighted by Crippen LogP contribution is 2.17. The van der Waals surface area contributed by atoms with Gasteiger partial charge in [-0.3, -0.25) is 14.9 Å². The molecule has 0 aliphatic rings. The summed E-state index contributed by atoms with van der Waals surface area (Å²) in [5.41, 5.74) is 2.44. The summed E-state index contributed by atoms with van der Waals surface area (Å²) >= 11 is 0. The molecule has 2 N–H and O–H groups in total. The van der Waals surface area contributed by atoms with Gasteiger partial charge in [0.25, 0.3) is 5.91 Å². The lowest BCUT2D eigenvalue weighted by atomic mass is 10.1. The third-order valence-corrected chi connectivity index (χ3v) is 2.86. The van der Waals surface area contributed by atoms with Gasteiger partial charge in [-0.1, -0.05) is 18.2 Å². The van der Waals surface area contributed by atoms with E-state index in [-0.39, 0.29) is 5.91 Å². The van der Waals surface area contributed by atoms with E-state index in [0.29, 0.717) is 11.4 Å². The third-order valence-electron chi connectivity index (χ3n) is 2.86. The summed E-state index contributed by atoms with van der Waals surface area (Å²) in [7, 11) is 0. The Kier molecular flexibility index (Phi) is 3.24. The lowest BCUT2D eigenvalue weighted by Crippen LogP contribution is -2.11. The maximum atomic E-state index is 12.0. The average Bonchev–Trinajstić information content (AvgIpc) is 3.01. The van der Waals surface area contributed by atoms with Crippen LogP contribution in [-0.4, -0.2) is 21.1 Å². The van der Waals surface area contributed by atoms with Crippen LogP contribution >= 0.6 is 0 Å². The molecule has 20 heavy (non-hydrogen) atoms. The fourth-order valence-corrected chi connectivity index (χ4v) is 1.85. The average molecular weight is 264 g/mol. The van der Waals surface area contributed by atoms with Crippen molar-refractivity contribution in [2.75, 3.05) is 5.32 Å². The molecule has 0 aliphatic carbocycles. The molecule has 0 unspecified atom stereocenters. The van der Waals surface area contributed by atoms with Crippen molar-refractivity contribution in [3.63, 3.8) is 0 Å². The smallest absolute Gasteiger partial charge is 0.256 e. The van der Waals surface area contributed by atoms with Crippen LogP contribution in [0.2, 0.25) is 0 Å². The van der Waals surface area contributed by atoms with Crippen molar-refractivity contribution in [2.45, 2.75) is 0 Å². The highest BCUT2D eigenvalue weighted by molar-refractivity contribution is 6.03. The summed E-state index contributed by atoms with van der Waals surface area (Å²) in [6, 6.07) is 14.7. The Morgan fingerprint density at radius 2 is 1.85 bits per heavy atom. The molecular formula is C15H12N4O. The molecule has 0 saturated carbocycles. The first-order valence-corrected chi connectivity index (χ1v) is 6.15. The Hall–Kier alpha value is -2.95. The van der Waals surface area contributed by atoms with Crippen LogP contribution in [0.1, 0.15) is 10.4 Å². The van der Waals surface area contributed by atoms with Crippen LogP contribution in [0.5, 0.6) is 0 Å². The first kappa shape index (κ1) is 12.1. The Bertz CT molecular complexity index is 691. The second-order valence-corrected chi connectivity index (χ2v) is 4.22. The predicted octanol–water partition coefficient (Wildman–Crippen LogP) is 2.72. The van der Waals surface area contributed by atoms with E-state index in [9.17, 15) is 4.79 Å². The molecule has 0 atom stereocenters. The number of anilines is 1. The zero-order valence-corrected chi connectivity index (χ0v) is 10.6. The van der Waals surface area contributed by atoms with Crippen molar-refractivity contribution in [1.82, 2.24) is 15.2 Å². The number of pyridine rings is 1. The number of aromatic amines is 1. The van der Waals surface area contributed by atoms with Gasteiger partial charge in [0.1, 0.15) is 5.82 Å². The van der Waals surface area contributed by atoms with Gasteiger partial charge in [-0.05, 0) is 24.3 Å². The van der Waals surface area contributed by atoms with Gasteiger partial charge in [0.15, 0.2) is 0 Å². The number of aromatic nitrogens is 3. The topological polar surface area (TPSA) is 70.7 Å². The number of amides is 1. The molecule has 5 nitrogen and oxygen atoms in total. The van der Waals surface area contributed by atoms with Crippen LogP contribution in [0.25, 0.3) is 11.3 Å². The summed E-state index contributed by atoms with van der Waals surface area (Å²) < 4.78 is 0. The number of hydrogen-bond donors (Lipinski definition) is 2. The van der Waals surface area contributed by atoms with E-state index in [0.717, 1.165) is 11.3 Å². The largest absolute Gasteiger partial charge is 0.307 e. The Labute approximate surface area is 115 Å². The molecule has 1 aromatic carbocycles. The molecule has 2 aromatic heterocycles. The number of carbonyl (C=O) groups excluding carboxylic acids is 1. The van der Waals surface area contributed by atoms with Gasteiger partial charge in [0.05, 0.1) is 11.9 Å². The lowest BCUT2D eigenvalue weighted by molar-refractivity contribution is 0.102. The van der Waals surface area contributed by atoms with Crippen molar-refractivity contribution >= 4 is 11.7 Å². The zero-order valence-electron chi connectivity index (χ0n) is 10.6. The molecular weight excluding hydrogens is 252 g/mol. The second kappa shape index (κ2) is 5.36. The monoisotopic (exact) mass is 264 g/mol. The molecule has 0 saturated heterocycles. The van der Waals surface area contributed by atoms with E-state index in [4.69, 9.17) is 0 Å². The van der Waals surface area contributed by atoms with Gasteiger partial charge in [-0.25, -0.2) is 0 Å². The summed E-state index contributed by atoms with van der Waals surface area (Å²) in [5, 5.41) is 9.18. The quantitative estimate of drug-likeness (QED) is 0.764. The highest BCUT2D eigenvalue weighted by Gasteiger charge is 2.07. The number of benzene rings is 1. The van der Waals surface area contributed by atoms with Crippen LogP contribution in [0.3, 0.4) is 0 Å². The summed E-state index contributed by atoms with van der Waals surface area (Å²) in [6.45, 7) is 0. The molecule has 2 heterocycles. The standard InChI is InChI=1S/C15H12N4O/c20-15(18-14-8-10-17-19-14)12-6-4-11(5-7-12)13-3-1-2-9-16-13/h1-10H,(H2,17,18,19,20). The van der Waals surface area contributed by atoms with E-state index >= 15 is 0 Å². The van der Waals surface area contributed by atoms with Crippen molar-refractivity contribution in [3.05, 3.63) is 66.5 Å². The SMILES string of the molecule is O=C(Nc1ccn[nH]1)c1ccc(-c2ccccn2)cc1. The molecule has 98 valence electrons. The first-order valence-electron chi connectivity index (χ1n) is 6.15. The zero-order chi connectivity index (χ0) is 13.8.